The summed E-state index contributed by atoms with van der Waals surface area (Å²) < 4.78 is 6.11. The summed E-state index contributed by atoms with van der Waals surface area (Å²) in [4.78, 5) is 12.0. The number of rotatable bonds is 7. The second-order valence-electron chi connectivity index (χ2n) is 5.40. The van der Waals surface area contributed by atoms with Crippen LogP contribution in [0.2, 0.25) is 5.02 Å². The Hall–Kier alpha value is -1.56. The number of hydrogen-bond donors (Lipinski definition) is 2. The highest BCUT2D eigenvalue weighted by Crippen LogP contribution is 2.27. The topological polar surface area (TPSA) is 50.4 Å². The predicted molar refractivity (Wildman–Crippen MR) is 100 cm³/mol. The fourth-order valence-corrected chi connectivity index (χ4v) is 3.00. The number of methoxy groups -OCH3 is 1. The first-order valence-electron chi connectivity index (χ1n) is 7.57. The van der Waals surface area contributed by atoms with Crippen LogP contribution in [0.4, 0.5) is 0 Å². The first kappa shape index (κ1) is 18.8. The van der Waals surface area contributed by atoms with Crippen LogP contribution in [0.5, 0.6) is 5.75 Å². The Balaban J connectivity index is 1.81. The summed E-state index contributed by atoms with van der Waals surface area (Å²) in [5, 5.41) is 6.75. The summed E-state index contributed by atoms with van der Waals surface area (Å²) in [5.41, 5.74) is 2.05. The molecule has 0 aliphatic carbocycles. The summed E-state index contributed by atoms with van der Waals surface area (Å²) >= 11 is 9.40. The minimum atomic E-state index is -0.0607. The number of amides is 1. The van der Waals surface area contributed by atoms with Gasteiger partial charge in [-0.25, -0.2) is 0 Å². The van der Waals surface area contributed by atoms with Gasteiger partial charge in [-0.2, -0.15) is 0 Å². The molecule has 2 rings (SSSR count). The van der Waals surface area contributed by atoms with Gasteiger partial charge in [0.1, 0.15) is 5.75 Å². The van der Waals surface area contributed by atoms with Gasteiger partial charge >= 0.3 is 0 Å². The Morgan fingerprint density at radius 3 is 2.75 bits per heavy atom. The molecule has 0 bridgehead atoms. The SMILES string of the molecule is COc1ccc([C@H](C)NCC(=O)NCc2cccc(Cl)c2)cc1Br. The minimum Gasteiger partial charge on any atom is -0.496 e. The Morgan fingerprint density at radius 1 is 1.29 bits per heavy atom. The number of nitrogens with one attached hydrogen (secondary N) is 2. The average Bonchev–Trinajstić information content (AvgIpc) is 2.57. The number of hydrogen-bond acceptors (Lipinski definition) is 3. The van der Waals surface area contributed by atoms with Crippen LogP contribution in [0.3, 0.4) is 0 Å². The fraction of sp³-hybridized carbons (Fsp3) is 0.278. The van der Waals surface area contributed by atoms with E-state index in [-0.39, 0.29) is 18.5 Å². The van der Waals surface area contributed by atoms with Crippen LogP contribution in [0.1, 0.15) is 24.1 Å². The molecule has 0 aliphatic rings. The van der Waals surface area contributed by atoms with Crippen LogP contribution in [-0.2, 0) is 11.3 Å². The van der Waals surface area contributed by atoms with Crippen LogP contribution in [0, 0.1) is 0 Å². The van der Waals surface area contributed by atoms with Gasteiger partial charge in [-0.1, -0.05) is 29.8 Å². The molecule has 0 radical (unpaired) electrons. The predicted octanol–water partition coefficient (Wildman–Crippen LogP) is 4.08. The van der Waals surface area contributed by atoms with Gasteiger partial charge in [0.25, 0.3) is 0 Å². The molecule has 0 saturated heterocycles. The molecule has 1 amide bonds. The zero-order chi connectivity index (χ0) is 17.5. The van der Waals surface area contributed by atoms with Gasteiger partial charge in [0.15, 0.2) is 0 Å². The van der Waals surface area contributed by atoms with Gasteiger partial charge in [0.05, 0.1) is 18.1 Å². The third-order valence-corrected chi connectivity index (χ3v) is 4.48. The number of ether oxygens (including phenoxy) is 1. The van der Waals surface area contributed by atoms with E-state index in [1.54, 1.807) is 7.11 Å². The molecule has 0 unspecified atom stereocenters. The molecule has 1 atom stereocenters. The highest BCUT2D eigenvalue weighted by atomic mass is 79.9. The first-order chi connectivity index (χ1) is 11.5. The molecule has 0 fully saturated rings. The van der Waals surface area contributed by atoms with Crippen molar-refractivity contribution in [2.75, 3.05) is 13.7 Å². The van der Waals surface area contributed by atoms with Crippen molar-refractivity contribution >= 4 is 33.4 Å². The maximum atomic E-state index is 12.0. The fourth-order valence-electron chi connectivity index (χ4n) is 2.23. The van der Waals surface area contributed by atoms with E-state index in [4.69, 9.17) is 16.3 Å². The van der Waals surface area contributed by atoms with Gasteiger partial charge in [-0.05, 0) is 58.2 Å². The van der Waals surface area contributed by atoms with Gasteiger partial charge < -0.3 is 15.4 Å². The van der Waals surface area contributed by atoms with Gasteiger partial charge in [0.2, 0.25) is 5.91 Å². The molecule has 0 spiro atoms. The van der Waals surface area contributed by atoms with Crippen molar-refractivity contribution in [2.24, 2.45) is 0 Å². The maximum Gasteiger partial charge on any atom is 0.234 e. The summed E-state index contributed by atoms with van der Waals surface area (Å²) in [6, 6.07) is 13.4. The van der Waals surface area contributed by atoms with Crippen LogP contribution >= 0.6 is 27.5 Å². The largest absolute Gasteiger partial charge is 0.496 e. The lowest BCUT2D eigenvalue weighted by Crippen LogP contribution is -2.34. The highest BCUT2D eigenvalue weighted by molar-refractivity contribution is 9.10. The molecule has 2 aromatic rings. The minimum absolute atomic E-state index is 0.0455. The zero-order valence-corrected chi connectivity index (χ0v) is 15.9. The molecule has 2 aromatic carbocycles. The molecule has 0 heterocycles. The monoisotopic (exact) mass is 410 g/mol. The Kier molecular flexibility index (Phi) is 7.09. The molecule has 6 heteroatoms. The lowest BCUT2D eigenvalue weighted by atomic mass is 10.1. The van der Waals surface area contributed by atoms with E-state index in [9.17, 15) is 4.79 Å². The molecular formula is C18H20BrClN2O2. The molecule has 128 valence electrons. The van der Waals surface area contributed by atoms with Crippen LogP contribution in [0.15, 0.2) is 46.9 Å². The zero-order valence-electron chi connectivity index (χ0n) is 13.6. The van der Waals surface area contributed by atoms with E-state index in [0.29, 0.717) is 11.6 Å². The second-order valence-corrected chi connectivity index (χ2v) is 6.69. The summed E-state index contributed by atoms with van der Waals surface area (Å²) in [6.07, 6.45) is 0. The first-order valence-corrected chi connectivity index (χ1v) is 8.74. The number of halogens is 2. The third-order valence-electron chi connectivity index (χ3n) is 3.62. The van der Waals surface area contributed by atoms with Crippen molar-refractivity contribution < 1.29 is 9.53 Å². The van der Waals surface area contributed by atoms with Crippen molar-refractivity contribution in [1.29, 1.82) is 0 Å². The summed E-state index contributed by atoms with van der Waals surface area (Å²) in [5.74, 6) is 0.722. The number of benzene rings is 2. The maximum absolute atomic E-state index is 12.0. The van der Waals surface area contributed by atoms with E-state index in [2.05, 4.69) is 26.6 Å². The quantitative estimate of drug-likeness (QED) is 0.722. The van der Waals surface area contributed by atoms with E-state index in [1.807, 2.05) is 49.4 Å². The lowest BCUT2D eigenvalue weighted by molar-refractivity contribution is -0.120. The number of carbonyl (C=O) groups excluding carboxylic acids is 1. The van der Waals surface area contributed by atoms with Crippen molar-refractivity contribution in [2.45, 2.75) is 19.5 Å². The van der Waals surface area contributed by atoms with E-state index in [0.717, 1.165) is 21.3 Å². The Labute approximate surface area is 155 Å². The average molecular weight is 412 g/mol. The van der Waals surface area contributed by atoms with E-state index < -0.39 is 0 Å². The smallest absolute Gasteiger partial charge is 0.234 e. The molecule has 0 aromatic heterocycles. The van der Waals surface area contributed by atoms with Crippen LogP contribution in [0.25, 0.3) is 0 Å². The normalized spacial score (nSPS) is 11.8. The molecular weight excluding hydrogens is 392 g/mol. The molecule has 24 heavy (non-hydrogen) atoms. The van der Waals surface area contributed by atoms with Crippen LogP contribution < -0.4 is 15.4 Å². The standard InChI is InChI=1S/C18H20BrClN2O2/c1-12(14-6-7-17(24-2)16(19)9-14)21-11-18(23)22-10-13-4-3-5-15(20)8-13/h3-9,12,21H,10-11H2,1-2H3,(H,22,23)/t12-/m0/s1. The Morgan fingerprint density at radius 2 is 2.08 bits per heavy atom. The highest BCUT2D eigenvalue weighted by Gasteiger charge is 2.10. The van der Waals surface area contributed by atoms with Gasteiger partial charge in [-0.15, -0.1) is 0 Å². The second kappa shape index (κ2) is 9.06. The van der Waals surface area contributed by atoms with Gasteiger partial charge in [0, 0.05) is 17.6 Å². The summed E-state index contributed by atoms with van der Waals surface area (Å²) in [7, 11) is 1.63. The van der Waals surface area contributed by atoms with E-state index in [1.165, 1.54) is 0 Å². The molecule has 2 N–H and O–H groups in total. The van der Waals surface area contributed by atoms with Crippen molar-refractivity contribution in [3.63, 3.8) is 0 Å². The third kappa shape index (κ3) is 5.51. The molecule has 4 nitrogen and oxygen atoms in total. The number of carbonyl (C=O) groups is 1. The van der Waals surface area contributed by atoms with Crippen LogP contribution in [-0.4, -0.2) is 19.6 Å². The summed E-state index contributed by atoms with van der Waals surface area (Å²) in [6.45, 7) is 2.72. The van der Waals surface area contributed by atoms with Gasteiger partial charge in [-0.3, -0.25) is 4.79 Å². The van der Waals surface area contributed by atoms with Crippen molar-refractivity contribution in [3.05, 3.63) is 63.1 Å². The Bertz CT molecular complexity index is 709. The lowest BCUT2D eigenvalue weighted by Gasteiger charge is -2.15. The van der Waals surface area contributed by atoms with E-state index >= 15 is 0 Å². The molecule has 0 saturated carbocycles. The van der Waals surface area contributed by atoms with Crippen molar-refractivity contribution in [1.82, 2.24) is 10.6 Å². The van der Waals surface area contributed by atoms with Crippen molar-refractivity contribution in [3.8, 4) is 5.75 Å². The molecule has 0 aliphatic heterocycles.